The summed E-state index contributed by atoms with van der Waals surface area (Å²) in [5, 5.41) is 2.99. The van der Waals surface area contributed by atoms with Crippen LogP contribution in [-0.4, -0.2) is 29.9 Å². The van der Waals surface area contributed by atoms with Gasteiger partial charge in [-0.1, -0.05) is 6.07 Å². The van der Waals surface area contributed by atoms with Gasteiger partial charge in [0.2, 0.25) is 5.91 Å². The first kappa shape index (κ1) is 14.3. The van der Waals surface area contributed by atoms with Crippen LogP contribution in [0.5, 0.6) is 0 Å². The van der Waals surface area contributed by atoms with Gasteiger partial charge in [-0.25, -0.2) is 0 Å². The Hall–Kier alpha value is -1.07. The number of nitrogen functional groups attached to an aromatic ring is 1. The van der Waals surface area contributed by atoms with Gasteiger partial charge in [-0.2, -0.15) is 0 Å². The topological polar surface area (TPSA) is 58.4 Å². The molecule has 4 nitrogen and oxygen atoms in total. The second-order valence-corrected chi connectivity index (χ2v) is 5.96. The molecule has 2 rings (SSSR count). The molecule has 1 fully saturated rings. The minimum absolute atomic E-state index is 0.0686. The van der Waals surface area contributed by atoms with E-state index in [1.807, 2.05) is 12.1 Å². The molecule has 0 aliphatic carbocycles. The van der Waals surface area contributed by atoms with Gasteiger partial charge in [0.15, 0.2) is 0 Å². The number of nitrogens with one attached hydrogen (secondary N) is 1. The number of hydrogen-bond acceptors (Lipinski definition) is 3. The number of anilines is 1. The van der Waals surface area contributed by atoms with E-state index in [0.29, 0.717) is 6.04 Å². The van der Waals surface area contributed by atoms with E-state index in [1.165, 1.54) is 5.56 Å². The zero-order valence-corrected chi connectivity index (χ0v) is 12.7. The number of piperidine rings is 1. The van der Waals surface area contributed by atoms with Gasteiger partial charge in [0.05, 0.1) is 0 Å². The van der Waals surface area contributed by atoms with Gasteiger partial charge in [-0.05, 0) is 46.5 Å². The lowest BCUT2D eigenvalue weighted by Gasteiger charge is -2.32. The van der Waals surface area contributed by atoms with Crippen molar-refractivity contribution in [3.8, 4) is 0 Å². The van der Waals surface area contributed by atoms with Crippen molar-refractivity contribution in [1.82, 2.24) is 10.2 Å². The maximum atomic E-state index is 11.0. The molecule has 0 unspecified atom stereocenters. The summed E-state index contributed by atoms with van der Waals surface area (Å²) in [6.45, 7) is 4.53. The van der Waals surface area contributed by atoms with Crippen LogP contribution in [0.25, 0.3) is 0 Å². The number of hydrogen-bond donors (Lipinski definition) is 2. The Kier molecular flexibility index (Phi) is 4.82. The Labute approximate surface area is 122 Å². The van der Waals surface area contributed by atoms with E-state index in [1.54, 1.807) is 6.92 Å². The van der Waals surface area contributed by atoms with Crippen LogP contribution < -0.4 is 11.1 Å². The predicted molar refractivity (Wildman–Crippen MR) is 80.7 cm³/mol. The molecule has 1 aromatic carbocycles. The maximum Gasteiger partial charge on any atom is 0.217 e. The standard InChI is InChI=1S/C14H20BrN3O/c1-10(19)17-12-4-6-18(7-5-12)9-11-2-3-13(15)14(16)8-11/h2-3,8,12H,4-7,9,16H2,1H3,(H,17,19). The van der Waals surface area contributed by atoms with Gasteiger partial charge in [0.1, 0.15) is 0 Å². The number of rotatable bonds is 3. The number of benzene rings is 1. The van der Waals surface area contributed by atoms with Gasteiger partial charge in [-0.3, -0.25) is 9.69 Å². The first-order chi connectivity index (χ1) is 9.04. The fourth-order valence-corrected chi connectivity index (χ4v) is 2.72. The van der Waals surface area contributed by atoms with E-state index in [9.17, 15) is 4.79 Å². The number of nitrogens with zero attached hydrogens (tertiary/aromatic N) is 1. The van der Waals surface area contributed by atoms with Crippen molar-refractivity contribution < 1.29 is 4.79 Å². The summed E-state index contributed by atoms with van der Waals surface area (Å²) in [6, 6.07) is 6.45. The largest absolute Gasteiger partial charge is 0.398 e. The summed E-state index contributed by atoms with van der Waals surface area (Å²) in [6.07, 6.45) is 2.04. The van der Waals surface area contributed by atoms with Crippen molar-refractivity contribution in [2.45, 2.75) is 32.4 Å². The van der Waals surface area contributed by atoms with Crippen molar-refractivity contribution in [2.24, 2.45) is 0 Å². The van der Waals surface area contributed by atoms with Crippen LogP contribution >= 0.6 is 15.9 Å². The minimum Gasteiger partial charge on any atom is -0.398 e. The van der Waals surface area contributed by atoms with E-state index >= 15 is 0 Å². The fourth-order valence-electron chi connectivity index (χ4n) is 2.47. The lowest BCUT2D eigenvalue weighted by Crippen LogP contribution is -2.43. The summed E-state index contributed by atoms with van der Waals surface area (Å²) in [5.41, 5.74) is 7.91. The molecule has 1 aliphatic heterocycles. The molecule has 0 aromatic heterocycles. The zero-order valence-electron chi connectivity index (χ0n) is 11.2. The van der Waals surface area contributed by atoms with Gasteiger partial charge in [-0.15, -0.1) is 0 Å². The minimum atomic E-state index is 0.0686. The predicted octanol–water partition coefficient (Wildman–Crippen LogP) is 2.13. The lowest BCUT2D eigenvalue weighted by atomic mass is 10.0. The molecule has 1 aromatic rings. The Balaban J connectivity index is 1.85. The molecule has 1 heterocycles. The van der Waals surface area contributed by atoms with E-state index < -0.39 is 0 Å². The van der Waals surface area contributed by atoms with Gasteiger partial charge >= 0.3 is 0 Å². The Morgan fingerprint density at radius 2 is 2.16 bits per heavy atom. The number of halogens is 1. The molecule has 19 heavy (non-hydrogen) atoms. The van der Waals surface area contributed by atoms with Crippen LogP contribution in [0.15, 0.2) is 22.7 Å². The monoisotopic (exact) mass is 325 g/mol. The molecule has 0 saturated carbocycles. The number of nitrogens with two attached hydrogens (primary N) is 1. The van der Waals surface area contributed by atoms with Crippen molar-refractivity contribution in [3.63, 3.8) is 0 Å². The van der Waals surface area contributed by atoms with E-state index in [2.05, 4.69) is 32.2 Å². The van der Waals surface area contributed by atoms with Gasteiger partial charge in [0, 0.05) is 42.8 Å². The Bertz CT molecular complexity index is 456. The average molecular weight is 326 g/mol. The molecule has 3 N–H and O–H groups in total. The van der Waals surface area contributed by atoms with E-state index in [4.69, 9.17) is 5.73 Å². The third-order valence-electron chi connectivity index (χ3n) is 3.46. The lowest BCUT2D eigenvalue weighted by molar-refractivity contribution is -0.119. The van der Waals surface area contributed by atoms with Crippen LogP contribution in [0, 0.1) is 0 Å². The van der Waals surface area contributed by atoms with Crippen LogP contribution in [0.1, 0.15) is 25.3 Å². The van der Waals surface area contributed by atoms with Crippen LogP contribution in [0.3, 0.4) is 0 Å². The van der Waals surface area contributed by atoms with Crippen LogP contribution in [0.2, 0.25) is 0 Å². The van der Waals surface area contributed by atoms with Crippen LogP contribution in [0.4, 0.5) is 5.69 Å². The van der Waals surface area contributed by atoms with E-state index in [-0.39, 0.29) is 5.91 Å². The molecule has 104 valence electrons. The SMILES string of the molecule is CC(=O)NC1CCN(Cc2ccc(Br)c(N)c2)CC1. The highest BCUT2D eigenvalue weighted by Gasteiger charge is 2.19. The third-order valence-corrected chi connectivity index (χ3v) is 4.18. The van der Waals surface area contributed by atoms with Crippen LogP contribution in [-0.2, 0) is 11.3 Å². The first-order valence-electron chi connectivity index (χ1n) is 6.58. The smallest absolute Gasteiger partial charge is 0.217 e. The summed E-state index contributed by atoms with van der Waals surface area (Å²) in [7, 11) is 0. The van der Waals surface area contributed by atoms with Crippen molar-refractivity contribution in [1.29, 1.82) is 0 Å². The fraction of sp³-hybridized carbons (Fsp3) is 0.500. The summed E-state index contributed by atoms with van der Waals surface area (Å²) >= 11 is 3.41. The summed E-state index contributed by atoms with van der Waals surface area (Å²) in [5.74, 6) is 0.0686. The number of likely N-dealkylation sites (tertiary alicyclic amines) is 1. The summed E-state index contributed by atoms with van der Waals surface area (Å²) < 4.78 is 0.945. The van der Waals surface area contributed by atoms with Crippen molar-refractivity contribution in [3.05, 3.63) is 28.2 Å². The molecular weight excluding hydrogens is 306 g/mol. The molecule has 1 amide bonds. The molecule has 1 aliphatic rings. The highest BCUT2D eigenvalue weighted by molar-refractivity contribution is 9.10. The quantitative estimate of drug-likeness (QED) is 0.837. The second kappa shape index (κ2) is 6.39. The van der Waals surface area contributed by atoms with Crippen molar-refractivity contribution in [2.75, 3.05) is 18.8 Å². The second-order valence-electron chi connectivity index (χ2n) is 5.11. The maximum absolute atomic E-state index is 11.0. The van der Waals surface area contributed by atoms with Crippen molar-refractivity contribution >= 4 is 27.5 Å². The van der Waals surface area contributed by atoms with Gasteiger partial charge < -0.3 is 11.1 Å². The number of carbonyl (C=O) groups is 1. The normalized spacial score (nSPS) is 17.4. The summed E-state index contributed by atoms with van der Waals surface area (Å²) in [4.78, 5) is 13.4. The highest BCUT2D eigenvalue weighted by Crippen LogP contribution is 2.22. The Morgan fingerprint density at radius 3 is 2.74 bits per heavy atom. The molecule has 0 bridgehead atoms. The van der Waals surface area contributed by atoms with Gasteiger partial charge in [0.25, 0.3) is 0 Å². The number of carbonyl (C=O) groups excluding carboxylic acids is 1. The first-order valence-corrected chi connectivity index (χ1v) is 7.37. The number of amides is 1. The molecule has 0 atom stereocenters. The molecule has 0 spiro atoms. The molecular formula is C14H20BrN3O. The Morgan fingerprint density at radius 1 is 1.47 bits per heavy atom. The third kappa shape index (κ3) is 4.21. The van der Waals surface area contributed by atoms with E-state index in [0.717, 1.165) is 42.6 Å². The molecule has 1 saturated heterocycles. The highest BCUT2D eigenvalue weighted by atomic mass is 79.9. The molecule has 0 radical (unpaired) electrons. The average Bonchev–Trinajstić information content (AvgIpc) is 2.36. The molecule has 5 heteroatoms. The zero-order chi connectivity index (χ0) is 13.8.